The Kier molecular flexibility index (Phi) is 7.40. The van der Waals surface area contributed by atoms with Crippen molar-refractivity contribution in [3.63, 3.8) is 0 Å². The molecule has 1 aliphatic rings. The second-order valence-electron chi connectivity index (χ2n) is 7.11. The first-order chi connectivity index (χ1) is 13.5. The Bertz CT molecular complexity index is 752. The van der Waals surface area contributed by atoms with Gasteiger partial charge in [0.05, 0.1) is 5.60 Å². The molecule has 5 nitrogen and oxygen atoms in total. The molecular formula is C20H25F4N3O2. The van der Waals surface area contributed by atoms with E-state index in [1.165, 1.54) is 29.3 Å². The monoisotopic (exact) mass is 415 g/mol. The van der Waals surface area contributed by atoms with E-state index in [1.807, 2.05) is 0 Å². The van der Waals surface area contributed by atoms with E-state index in [0.717, 1.165) is 17.5 Å². The van der Waals surface area contributed by atoms with Crippen LogP contribution in [0.5, 0.6) is 0 Å². The van der Waals surface area contributed by atoms with Crippen LogP contribution in [0.1, 0.15) is 32.3 Å². The van der Waals surface area contributed by atoms with Crippen LogP contribution in [-0.4, -0.2) is 58.0 Å². The average Bonchev–Trinajstić information content (AvgIpc) is 2.66. The molecule has 0 unspecified atom stereocenters. The summed E-state index contributed by atoms with van der Waals surface area (Å²) in [4.78, 5) is 13.9. The maximum Gasteiger partial charge on any atom is 0.430 e. The molecule has 9 heteroatoms. The summed E-state index contributed by atoms with van der Waals surface area (Å²) >= 11 is 0. The second-order valence-corrected chi connectivity index (χ2v) is 7.11. The fraction of sp³-hybridized carbons (Fsp3) is 0.500. The smallest absolute Gasteiger partial charge is 0.389 e. The highest BCUT2D eigenvalue weighted by atomic mass is 19.4. The maximum absolute atomic E-state index is 13.0. The van der Waals surface area contributed by atoms with Gasteiger partial charge in [0.25, 0.3) is 0 Å². The van der Waals surface area contributed by atoms with Gasteiger partial charge >= 0.3 is 6.18 Å². The molecule has 0 saturated carbocycles. The van der Waals surface area contributed by atoms with Crippen molar-refractivity contribution in [1.29, 1.82) is 0 Å². The van der Waals surface area contributed by atoms with E-state index < -0.39 is 17.5 Å². The number of halogens is 4. The van der Waals surface area contributed by atoms with Crippen LogP contribution in [0.2, 0.25) is 0 Å². The number of nitrogens with zero attached hydrogens (tertiary/aromatic N) is 3. The summed E-state index contributed by atoms with van der Waals surface area (Å²) in [6.45, 7) is 3.30. The molecule has 1 N–H and O–H groups in total. The standard InChI is InChI=1S/C20H25F4N3O2/c1-3-27(25-15(2)20(22,23)24)11-8-18(28)26-12-9-19(29,10-13-26)14-16-4-6-17(21)7-5-16/h4-8,11,29H,3,9-10,12-14H2,1-2H3/b11-8+,25-15+. The summed E-state index contributed by atoms with van der Waals surface area (Å²) in [5.74, 6) is -0.698. The van der Waals surface area contributed by atoms with Gasteiger partial charge in [0, 0.05) is 38.3 Å². The number of hydrogen-bond donors (Lipinski definition) is 1. The lowest BCUT2D eigenvalue weighted by Crippen LogP contribution is -2.47. The van der Waals surface area contributed by atoms with Gasteiger partial charge in [0.15, 0.2) is 0 Å². The van der Waals surface area contributed by atoms with Crippen molar-refractivity contribution in [1.82, 2.24) is 9.91 Å². The summed E-state index contributed by atoms with van der Waals surface area (Å²) in [7, 11) is 0. The summed E-state index contributed by atoms with van der Waals surface area (Å²) in [5, 5.41) is 15.3. The molecule has 0 spiro atoms. The number of carbonyl (C=O) groups excluding carboxylic acids is 1. The molecule has 1 aromatic carbocycles. The first-order valence-corrected chi connectivity index (χ1v) is 9.35. The minimum Gasteiger partial charge on any atom is -0.389 e. The SMILES string of the molecule is CCN(/C=C/C(=O)N1CCC(O)(Cc2ccc(F)cc2)CC1)/N=C(\C)C(F)(F)F. The van der Waals surface area contributed by atoms with Crippen LogP contribution >= 0.6 is 0 Å². The Balaban J connectivity index is 1.91. The second kappa shape index (κ2) is 9.39. The number of piperidine rings is 1. The first kappa shape index (κ1) is 22.9. The number of likely N-dealkylation sites (tertiary alicyclic amines) is 1. The molecule has 0 radical (unpaired) electrons. The summed E-state index contributed by atoms with van der Waals surface area (Å²) in [5.41, 5.74) is -1.17. The fourth-order valence-electron chi connectivity index (χ4n) is 3.02. The van der Waals surface area contributed by atoms with Crippen LogP contribution in [0.3, 0.4) is 0 Å². The van der Waals surface area contributed by atoms with Crippen molar-refractivity contribution in [3.05, 3.63) is 47.9 Å². The van der Waals surface area contributed by atoms with Gasteiger partial charge in [-0.15, -0.1) is 0 Å². The third kappa shape index (κ3) is 6.85. The lowest BCUT2D eigenvalue weighted by molar-refractivity contribution is -0.130. The number of hydrogen-bond acceptors (Lipinski definition) is 4. The molecule has 29 heavy (non-hydrogen) atoms. The Labute approximate surface area is 167 Å². The third-order valence-corrected chi connectivity index (χ3v) is 4.85. The van der Waals surface area contributed by atoms with Crippen molar-refractivity contribution in [2.24, 2.45) is 5.10 Å². The van der Waals surface area contributed by atoms with E-state index in [9.17, 15) is 27.5 Å². The molecule has 1 heterocycles. The zero-order chi connectivity index (χ0) is 21.7. The van der Waals surface area contributed by atoms with E-state index in [1.54, 1.807) is 19.1 Å². The normalized spacial score (nSPS) is 17.6. The number of amides is 1. The van der Waals surface area contributed by atoms with E-state index in [-0.39, 0.29) is 18.3 Å². The van der Waals surface area contributed by atoms with E-state index in [0.29, 0.717) is 32.4 Å². The summed E-state index contributed by atoms with van der Waals surface area (Å²) in [6, 6.07) is 5.92. The number of rotatable bonds is 6. The van der Waals surface area contributed by atoms with Crippen molar-refractivity contribution < 1.29 is 27.5 Å². The largest absolute Gasteiger partial charge is 0.430 e. The molecule has 1 saturated heterocycles. The highest BCUT2D eigenvalue weighted by Crippen LogP contribution is 2.26. The maximum atomic E-state index is 13.0. The number of aliphatic hydroxyl groups is 1. The molecule has 1 fully saturated rings. The van der Waals surface area contributed by atoms with Crippen LogP contribution in [0.4, 0.5) is 17.6 Å². The molecule has 1 aliphatic heterocycles. The van der Waals surface area contributed by atoms with E-state index in [2.05, 4.69) is 5.10 Å². The van der Waals surface area contributed by atoms with Crippen LogP contribution in [-0.2, 0) is 11.2 Å². The van der Waals surface area contributed by atoms with Crippen molar-refractivity contribution in [2.75, 3.05) is 19.6 Å². The van der Waals surface area contributed by atoms with Gasteiger partial charge in [-0.3, -0.25) is 9.80 Å². The predicted molar refractivity (Wildman–Crippen MR) is 102 cm³/mol. The summed E-state index contributed by atoms with van der Waals surface area (Å²) in [6.07, 6.45) is -1.05. The zero-order valence-corrected chi connectivity index (χ0v) is 16.4. The molecule has 2 rings (SSSR count). The van der Waals surface area contributed by atoms with E-state index >= 15 is 0 Å². The van der Waals surface area contributed by atoms with Gasteiger partial charge < -0.3 is 10.0 Å². The molecule has 1 aromatic rings. The van der Waals surface area contributed by atoms with Crippen molar-refractivity contribution in [2.45, 2.75) is 44.9 Å². The molecule has 0 aromatic heterocycles. The minimum atomic E-state index is -4.52. The van der Waals surface area contributed by atoms with Crippen LogP contribution in [0, 0.1) is 5.82 Å². The average molecular weight is 415 g/mol. The van der Waals surface area contributed by atoms with Gasteiger partial charge in [-0.25, -0.2) is 4.39 Å². The lowest BCUT2D eigenvalue weighted by Gasteiger charge is -2.38. The molecule has 160 valence electrons. The Morgan fingerprint density at radius 1 is 1.28 bits per heavy atom. The lowest BCUT2D eigenvalue weighted by atomic mass is 9.85. The third-order valence-electron chi connectivity index (χ3n) is 4.85. The molecule has 0 bridgehead atoms. The molecule has 0 aliphatic carbocycles. The van der Waals surface area contributed by atoms with Gasteiger partial charge in [-0.2, -0.15) is 18.3 Å². The number of alkyl halides is 3. The van der Waals surface area contributed by atoms with Crippen LogP contribution in [0.15, 0.2) is 41.6 Å². The fourth-order valence-corrected chi connectivity index (χ4v) is 3.02. The summed E-state index contributed by atoms with van der Waals surface area (Å²) < 4.78 is 50.8. The Hall–Kier alpha value is -2.42. The van der Waals surface area contributed by atoms with E-state index in [4.69, 9.17) is 0 Å². The topological polar surface area (TPSA) is 56.1 Å². The first-order valence-electron chi connectivity index (χ1n) is 9.35. The highest BCUT2D eigenvalue weighted by molar-refractivity contribution is 5.88. The van der Waals surface area contributed by atoms with Gasteiger partial charge in [0.2, 0.25) is 5.91 Å². The van der Waals surface area contributed by atoms with Gasteiger partial charge in [-0.05, 0) is 44.4 Å². The minimum absolute atomic E-state index is 0.175. The van der Waals surface area contributed by atoms with Crippen LogP contribution < -0.4 is 0 Å². The number of benzene rings is 1. The molecule has 1 amide bonds. The zero-order valence-electron chi connectivity index (χ0n) is 16.4. The molecule has 0 atom stereocenters. The van der Waals surface area contributed by atoms with Crippen molar-refractivity contribution >= 4 is 11.6 Å². The van der Waals surface area contributed by atoms with Crippen LogP contribution in [0.25, 0.3) is 0 Å². The highest BCUT2D eigenvalue weighted by Gasteiger charge is 2.34. The molecular weight excluding hydrogens is 390 g/mol. The Morgan fingerprint density at radius 3 is 2.38 bits per heavy atom. The van der Waals surface area contributed by atoms with Crippen molar-refractivity contribution in [3.8, 4) is 0 Å². The number of carbonyl (C=O) groups is 1. The quantitative estimate of drug-likeness (QED) is 0.335. The van der Waals surface area contributed by atoms with Gasteiger partial charge in [-0.1, -0.05) is 12.1 Å². The Morgan fingerprint density at radius 2 is 1.86 bits per heavy atom. The van der Waals surface area contributed by atoms with Gasteiger partial charge in [0.1, 0.15) is 11.5 Å². The number of hydrazone groups is 1. The predicted octanol–water partition coefficient (Wildman–Crippen LogP) is 3.50.